The largest absolute Gasteiger partial charge is 0.329 e. The molecule has 108 valence electrons. The summed E-state index contributed by atoms with van der Waals surface area (Å²) in [6.45, 7) is 3.00. The molecule has 2 aromatic rings. The Morgan fingerprint density at radius 3 is 2.90 bits per heavy atom. The Morgan fingerprint density at radius 1 is 1.40 bits per heavy atom. The molecule has 0 aliphatic rings. The SMILES string of the molecule is Cc1cnccc1CNS(=O)(=O)c1cnn(CCN)c1. The zero-order chi connectivity index (χ0) is 14.6. The number of aryl methyl sites for hydroxylation is 1. The molecule has 0 unspecified atom stereocenters. The maximum Gasteiger partial charge on any atom is 0.243 e. The number of pyridine rings is 1. The molecule has 0 aliphatic carbocycles. The second kappa shape index (κ2) is 6.12. The van der Waals surface area contributed by atoms with E-state index in [1.54, 1.807) is 18.5 Å². The third-order valence-corrected chi connectivity index (χ3v) is 4.22. The third-order valence-electron chi connectivity index (χ3n) is 2.87. The molecule has 2 aromatic heterocycles. The first kappa shape index (κ1) is 14.6. The fraction of sp³-hybridized carbons (Fsp3) is 0.333. The van der Waals surface area contributed by atoms with Gasteiger partial charge < -0.3 is 5.73 Å². The normalized spacial score (nSPS) is 11.7. The lowest BCUT2D eigenvalue weighted by molar-refractivity contribution is 0.580. The van der Waals surface area contributed by atoms with Crippen LogP contribution in [0.4, 0.5) is 0 Å². The maximum atomic E-state index is 12.1. The zero-order valence-electron chi connectivity index (χ0n) is 11.2. The van der Waals surface area contributed by atoms with Crippen LogP contribution in [0, 0.1) is 6.92 Å². The van der Waals surface area contributed by atoms with Gasteiger partial charge in [-0.1, -0.05) is 0 Å². The highest BCUT2D eigenvalue weighted by molar-refractivity contribution is 7.89. The number of aromatic nitrogens is 3. The number of rotatable bonds is 6. The van der Waals surface area contributed by atoms with Crippen LogP contribution in [0.2, 0.25) is 0 Å². The Labute approximate surface area is 117 Å². The molecule has 7 nitrogen and oxygen atoms in total. The lowest BCUT2D eigenvalue weighted by Crippen LogP contribution is -2.23. The summed E-state index contributed by atoms with van der Waals surface area (Å²) in [5.41, 5.74) is 7.22. The minimum absolute atomic E-state index is 0.137. The van der Waals surface area contributed by atoms with Crippen LogP contribution in [0.15, 0.2) is 35.7 Å². The quantitative estimate of drug-likeness (QED) is 0.782. The minimum atomic E-state index is -3.57. The summed E-state index contributed by atoms with van der Waals surface area (Å²) in [4.78, 5) is 4.11. The minimum Gasteiger partial charge on any atom is -0.329 e. The van der Waals surface area contributed by atoms with E-state index in [2.05, 4.69) is 14.8 Å². The first-order valence-corrected chi connectivity index (χ1v) is 7.63. The molecule has 2 rings (SSSR count). The molecule has 2 heterocycles. The van der Waals surface area contributed by atoms with Gasteiger partial charge in [0.15, 0.2) is 0 Å². The van der Waals surface area contributed by atoms with E-state index in [4.69, 9.17) is 5.73 Å². The number of sulfonamides is 1. The summed E-state index contributed by atoms with van der Waals surface area (Å²) < 4.78 is 28.3. The first-order valence-electron chi connectivity index (χ1n) is 6.14. The van der Waals surface area contributed by atoms with Gasteiger partial charge in [0.05, 0.1) is 12.7 Å². The predicted octanol–water partition coefficient (Wildman–Crippen LogP) is 0.0237. The fourth-order valence-electron chi connectivity index (χ4n) is 1.69. The van der Waals surface area contributed by atoms with Gasteiger partial charge in [-0.3, -0.25) is 9.67 Å². The van der Waals surface area contributed by atoms with Crippen molar-refractivity contribution < 1.29 is 8.42 Å². The standard InChI is InChI=1S/C12H17N5O2S/c1-10-6-14-4-2-11(10)7-16-20(18,19)12-8-15-17(9-12)5-3-13/h2,4,6,8-9,16H,3,5,7,13H2,1H3. The van der Waals surface area contributed by atoms with E-state index in [9.17, 15) is 8.42 Å². The van der Waals surface area contributed by atoms with Gasteiger partial charge in [0.1, 0.15) is 4.90 Å². The van der Waals surface area contributed by atoms with E-state index in [0.29, 0.717) is 13.1 Å². The van der Waals surface area contributed by atoms with E-state index in [0.717, 1.165) is 11.1 Å². The summed E-state index contributed by atoms with van der Waals surface area (Å²) in [5, 5.41) is 3.95. The number of hydrogen-bond acceptors (Lipinski definition) is 5. The van der Waals surface area contributed by atoms with Gasteiger partial charge >= 0.3 is 0 Å². The molecule has 0 radical (unpaired) electrons. The van der Waals surface area contributed by atoms with Gasteiger partial charge in [-0.25, -0.2) is 13.1 Å². The second-order valence-corrected chi connectivity index (χ2v) is 6.12. The van der Waals surface area contributed by atoms with Crippen molar-refractivity contribution in [3.05, 3.63) is 42.0 Å². The molecule has 0 aromatic carbocycles. The number of nitrogens with one attached hydrogen (secondary N) is 1. The van der Waals surface area contributed by atoms with E-state index in [1.807, 2.05) is 6.92 Å². The van der Waals surface area contributed by atoms with Gasteiger partial charge in [0.25, 0.3) is 0 Å². The topological polar surface area (TPSA) is 103 Å². The Morgan fingerprint density at radius 2 is 2.20 bits per heavy atom. The molecule has 0 saturated heterocycles. The highest BCUT2D eigenvalue weighted by Gasteiger charge is 2.16. The van der Waals surface area contributed by atoms with E-state index < -0.39 is 10.0 Å². The maximum absolute atomic E-state index is 12.1. The van der Waals surface area contributed by atoms with E-state index in [1.165, 1.54) is 17.1 Å². The molecular formula is C12H17N5O2S. The van der Waals surface area contributed by atoms with Crippen molar-refractivity contribution in [3.8, 4) is 0 Å². The molecule has 0 spiro atoms. The number of nitrogens with two attached hydrogens (primary N) is 1. The molecular weight excluding hydrogens is 278 g/mol. The van der Waals surface area contributed by atoms with Gasteiger partial charge in [-0.2, -0.15) is 5.10 Å². The van der Waals surface area contributed by atoms with Crippen molar-refractivity contribution in [1.29, 1.82) is 0 Å². The van der Waals surface area contributed by atoms with Crippen LogP contribution in [0.5, 0.6) is 0 Å². The van der Waals surface area contributed by atoms with E-state index in [-0.39, 0.29) is 11.4 Å². The average Bonchev–Trinajstić information content (AvgIpc) is 2.88. The Hall–Kier alpha value is -1.77. The van der Waals surface area contributed by atoms with Crippen molar-refractivity contribution in [1.82, 2.24) is 19.5 Å². The van der Waals surface area contributed by atoms with Crippen LogP contribution < -0.4 is 10.5 Å². The number of nitrogens with zero attached hydrogens (tertiary/aromatic N) is 3. The summed E-state index contributed by atoms with van der Waals surface area (Å²) in [6.07, 6.45) is 6.12. The molecule has 0 saturated carbocycles. The molecule has 0 amide bonds. The average molecular weight is 295 g/mol. The summed E-state index contributed by atoms with van der Waals surface area (Å²) in [5.74, 6) is 0. The highest BCUT2D eigenvalue weighted by Crippen LogP contribution is 2.10. The Kier molecular flexibility index (Phi) is 4.48. The molecule has 8 heteroatoms. The fourth-order valence-corrected chi connectivity index (χ4v) is 2.65. The molecule has 0 bridgehead atoms. The van der Waals surface area contributed by atoms with Crippen LogP contribution in [0.25, 0.3) is 0 Å². The smallest absolute Gasteiger partial charge is 0.243 e. The zero-order valence-corrected chi connectivity index (χ0v) is 12.0. The molecule has 0 atom stereocenters. The van der Waals surface area contributed by atoms with Crippen molar-refractivity contribution in [3.63, 3.8) is 0 Å². The third kappa shape index (κ3) is 3.41. The lowest BCUT2D eigenvalue weighted by Gasteiger charge is -2.06. The van der Waals surface area contributed by atoms with Gasteiger partial charge in [0.2, 0.25) is 10.0 Å². The first-order chi connectivity index (χ1) is 9.53. The molecule has 3 N–H and O–H groups in total. The molecule has 20 heavy (non-hydrogen) atoms. The molecule has 0 aliphatic heterocycles. The van der Waals surface area contributed by atoms with Crippen molar-refractivity contribution >= 4 is 10.0 Å². The van der Waals surface area contributed by atoms with E-state index >= 15 is 0 Å². The van der Waals surface area contributed by atoms with Crippen LogP contribution >= 0.6 is 0 Å². The van der Waals surface area contributed by atoms with Crippen LogP contribution in [-0.2, 0) is 23.1 Å². The number of hydrogen-bond donors (Lipinski definition) is 2. The van der Waals surface area contributed by atoms with Gasteiger partial charge in [0, 0.05) is 31.7 Å². The Balaban J connectivity index is 2.09. The monoisotopic (exact) mass is 295 g/mol. The summed E-state index contributed by atoms with van der Waals surface area (Å²) in [7, 11) is -3.57. The Bertz CT molecular complexity index is 681. The summed E-state index contributed by atoms with van der Waals surface area (Å²) in [6, 6.07) is 1.79. The van der Waals surface area contributed by atoms with Crippen molar-refractivity contribution in [2.24, 2.45) is 5.73 Å². The van der Waals surface area contributed by atoms with Gasteiger partial charge in [-0.15, -0.1) is 0 Å². The predicted molar refractivity (Wildman–Crippen MR) is 74.3 cm³/mol. The highest BCUT2D eigenvalue weighted by atomic mass is 32.2. The van der Waals surface area contributed by atoms with Gasteiger partial charge in [-0.05, 0) is 24.1 Å². The lowest BCUT2D eigenvalue weighted by atomic mass is 10.2. The molecule has 0 fully saturated rings. The second-order valence-electron chi connectivity index (χ2n) is 4.35. The van der Waals surface area contributed by atoms with Crippen molar-refractivity contribution in [2.75, 3.05) is 6.54 Å². The van der Waals surface area contributed by atoms with Crippen LogP contribution in [0.1, 0.15) is 11.1 Å². The van der Waals surface area contributed by atoms with Crippen molar-refractivity contribution in [2.45, 2.75) is 24.9 Å². The summed E-state index contributed by atoms with van der Waals surface area (Å²) >= 11 is 0. The van der Waals surface area contributed by atoms with Crippen LogP contribution in [-0.4, -0.2) is 29.7 Å². The van der Waals surface area contributed by atoms with Crippen LogP contribution in [0.3, 0.4) is 0 Å².